The quantitative estimate of drug-likeness (QED) is 0.819. The van der Waals surface area contributed by atoms with Crippen LogP contribution in [0.15, 0.2) is 29.4 Å². The van der Waals surface area contributed by atoms with Crippen molar-refractivity contribution in [2.45, 2.75) is 37.6 Å². The summed E-state index contributed by atoms with van der Waals surface area (Å²) in [7, 11) is 1.68. The van der Waals surface area contributed by atoms with Crippen molar-refractivity contribution in [2.75, 3.05) is 7.11 Å². The van der Waals surface area contributed by atoms with Crippen LogP contribution in [0, 0.1) is 5.92 Å². The molecule has 1 aromatic carbocycles. The van der Waals surface area contributed by atoms with E-state index in [1.807, 2.05) is 12.1 Å². The van der Waals surface area contributed by atoms with Gasteiger partial charge in [0.15, 0.2) is 0 Å². The molecular weight excluding hydrogens is 242 g/mol. The van der Waals surface area contributed by atoms with Crippen LogP contribution in [0.1, 0.15) is 30.9 Å². The summed E-state index contributed by atoms with van der Waals surface area (Å²) in [4.78, 5) is 5.57. The molecule has 4 rings (SSSR count). The van der Waals surface area contributed by atoms with E-state index in [1.165, 1.54) is 6.42 Å². The first-order valence-corrected chi connectivity index (χ1v) is 6.90. The molecule has 0 amide bonds. The molecule has 3 aliphatic rings. The number of rotatable bonds is 2. The van der Waals surface area contributed by atoms with Crippen molar-refractivity contribution < 1.29 is 14.3 Å². The number of ether oxygens (including phenoxy) is 2. The van der Waals surface area contributed by atoms with Gasteiger partial charge in [-0.05, 0) is 37.0 Å². The monoisotopic (exact) mass is 259 g/mol. The summed E-state index contributed by atoms with van der Waals surface area (Å²) in [5.74, 6) is 1.24. The van der Waals surface area contributed by atoms with Crippen molar-refractivity contribution in [3.05, 3.63) is 29.8 Å². The van der Waals surface area contributed by atoms with Crippen LogP contribution >= 0.6 is 0 Å². The van der Waals surface area contributed by atoms with Crippen LogP contribution in [0.5, 0.6) is 5.75 Å². The van der Waals surface area contributed by atoms with Gasteiger partial charge in [-0.15, -0.1) is 0 Å². The molecule has 4 atom stereocenters. The Morgan fingerprint density at radius 2 is 1.95 bits per heavy atom. The van der Waals surface area contributed by atoms with E-state index in [1.54, 1.807) is 7.11 Å². The van der Waals surface area contributed by atoms with E-state index in [0.29, 0.717) is 5.92 Å². The van der Waals surface area contributed by atoms with E-state index in [-0.39, 0.29) is 18.3 Å². The number of oxime groups is 1. The minimum Gasteiger partial charge on any atom is -0.497 e. The first-order chi connectivity index (χ1) is 9.36. The van der Waals surface area contributed by atoms with Crippen LogP contribution in [0.3, 0.4) is 0 Å². The summed E-state index contributed by atoms with van der Waals surface area (Å²) in [6, 6.07) is 8.04. The third-order valence-electron chi connectivity index (χ3n) is 4.41. The Kier molecular flexibility index (Phi) is 2.52. The third-order valence-corrected chi connectivity index (χ3v) is 4.41. The average Bonchev–Trinajstić information content (AvgIpc) is 3.05. The molecule has 1 saturated heterocycles. The Labute approximate surface area is 112 Å². The Morgan fingerprint density at radius 1 is 1.16 bits per heavy atom. The molecule has 0 radical (unpaired) electrons. The normalized spacial score (nSPS) is 35.5. The van der Waals surface area contributed by atoms with Gasteiger partial charge in [0.05, 0.1) is 24.8 Å². The highest BCUT2D eigenvalue weighted by Crippen LogP contribution is 2.46. The fourth-order valence-corrected chi connectivity index (χ4v) is 3.46. The zero-order chi connectivity index (χ0) is 12.8. The number of nitrogens with zero attached hydrogens (tertiary/aromatic N) is 1. The number of methoxy groups -OCH3 is 1. The fraction of sp³-hybridized carbons (Fsp3) is 0.533. The van der Waals surface area contributed by atoms with Crippen LogP contribution in [0.25, 0.3) is 0 Å². The molecule has 19 heavy (non-hydrogen) atoms. The molecule has 4 nitrogen and oxygen atoms in total. The van der Waals surface area contributed by atoms with Gasteiger partial charge in [0.2, 0.25) is 0 Å². The molecule has 2 fully saturated rings. The zero-order valence-corrected chi connectivity index (χ0v) is 10.9. The molecule has 0 unspecified atom stereocenters. The second-order valence-electron chi connectivity index (χ2n) is 5.44. The molecule has 0 N–H and O–H groups in total. The molecule has 0 bridgehead atoms. The van der Waals surface area contributed by atoms with Crippen molar-refractivity contribution >= 4 is 5.71 Å². The second-order valence-corrected chi connectivity index (χ2v) is 5.44. The number of hydrogen-bond acceptors (Lipinski definition) is 4. The highest BCUT2D eigenvalue weighted by atomic mass is 16.7. The van der Waals surface area contributed by atoms with Crippen LogP contribution in [0.4, 0.5) is 0 Å². The van der Waals surface area contributed by atoms with E-state index >= 15 is 0 Å². The lowest BCUT2D eigenvalue weighted by Crippen LogP contribution is -2.33. The highest BCUT2D eigenvalue weighted by molar-refractivity contribution is 5.95. The largest absolute Gasteiger partial charge is 0.497 e. The van der Waals surface area contributed by atoms with Gasteiger partial charge in [-0.1, -0.05) is 17.3 Å². The molecular formula is C15H17NO3. The maximum absolute atomic E-state index is 6.21. The van der Waals surface area contributed by atoms with E-state index in [9.17, 15) is 0 Å². The molecule has 2 aliphatic heterocycles. The van der Waals surface area contributed by atoms with Crippen molar-refractivity contribution in [1.29, 1.82) is 0 Å². The van der Waals surface area contributed by atoms with Gasteiger partial charge in [-0.25, -0.2) is 0 Å². The first-order valence-electron chi connectivity index (χ1n) is 6.90. The predicted octanol–water partition coefficient (Wildman–Crippen LogP) is 2.69. The molecule has 0 aromatic heterocycles. The molecule has 1 saturated carbocycles. The fourth-order valence-electron chi connectivity index (χ4n) is 3.46. The van der Waals surface area contributed by atoms with Crippen LogP contribution < -0.4 is 4.74 Å². The Bertz CT molecular complexity index is 511. The summed E-state index contributed by atoms with van der Waals surface area (Å²) in [6.45, 7) is 0. The van der Waals surface area contributed by atoms with Crippen molar-refractivity contribution in [1.82, 2.24) is 0 Å². The van der Waals surface area contributed by atoms with Crippen molar-refractivity contribution in [3.63, 3.8) is 0 Å². The van der Waals surface area contributed by atoms with Crippen LogP contribution in [-0.2, 0) is 9.57 Å². The smallest absolute Gasteiger partial charge is 0.138 e. The summed E-state index contributed by atoms with van der Waals surface area (Å²) in [5, 5.41) is 4.30. The van der Waals surface area contributed by atoms with E-state index in [4.69, 9.17) is 14.3 Å². The molecule has 0 spiro atoms. The Hall–Kier alpha value is -1.55. The topological polar surface area (TPSA) is 40.0 Å². The van der Waals surface area contributed by atoms with Crippen molar-refractivity contribution in [3.8, 4) is 5.75 Å². The molecule has 100 valence electrons. The molecule has 1 aliphatic carbocycles. The zero-order valence-electron chi connectivity index (χ0n) is 10.9. The van der Waals surface area contributed by atoms with E-state index < -0.39 is 0 Å². The average molecular weight is 259 g/mol. The number of benzene rings is 1. The Balaban J connectivity index is 1.65. The van der Waals surface area contributed by atoms with Gasteiger partial charge in [0.1, 0.15) is 18.0 Å². The van der Waals surface area contributed by atoms with Crippen molar-refractivity contribution in [2.24, 2.45) is 11.1 Å². The lowest BCUT2D eigenvalue weighted by atomic mass is 9.82. The first kappa shape index (κ1) is 11.3. The maximum atomic E-state index is 6.21. The summed E-state index contributed by atoms with van der Waals surface area (Å²) < 4.78 is 11.4. The summed E-state index contributed by atoms with van der Waals surface area (Å²) >= 11 is 0. The minimum absolute atomic E-state index is 0.0380. The SMILES string of the molecule is COc1ccc([C@H]2O[C@H]3CCC[C@H]4ON=C2[C@@H]34)cc1. The minimum atomic E-state index is -0.0380. The van der Waals surface area contributed by atoms with Gasteiger partial charge < -0.3 is 14.3 Å². The summed E-state index contributed by atoms with van der Waals surface area (Å²) in [5.41, 5.74) is 2.22. The van der Waals surface area contributed by atoms with E-state index in [2.05, 4.69) is 17.3 Å². The predicted molar refractivity (Wildman–Crippen MR) is 70.3 cm³/mol. The molecule has 1 aromatic rings. The molecule has 2 heterocycles. The van der Waals surface area contributed by atoms with Gasteiger partial charge >= 0.3 is 0 Å². The number of hydrogen-bond donors (Lipinski definition) is 0. The van der Waals surface area contributed by atoms with Crippen LogP contribution in [0.2, 0.25) is 0 Å². The standard InChI is InChI=1S/C15H17NO3/c1-17-10-7-5-9(6-8-10)15-14-13-11(18-15)3-2-4-12(13)19-16-14/h5-8,11-13,15H,2-4H2,1H3/t11-,12+,13-,15+/m0/s1. The highest BCUT2D eigenvalue weighted by Gasteiger charge is 2.52. The molecule has 4 heteroatoms. The summed E-state index contributed by atoms with van der Waals surface area (Å²) in [6.07, 6.45) is 3.89. The lowest BCUT2D eigenvalue weighted by Gasteiger charge is -2.26. The Morgan fingerprint density at radius 3 is 2.74 bits per heavy atom. The third kappa shape index (κ3) is 1.66. The van der Waals surface area contributed by atoms with E-state index in [0.717, 1.165) is 29.9 Å². The van der Waals surface area contributed by atoms with Gasteiger partial charge in [-0.2, -0.15) is 0 Å². The lowest BCUT2D eigenvalue weighted by molar-refractivity contribution is -0.0468. The van der Waals surface area contributed by atoms with Crippen LogP contribution in [-0.4, -0.2) is 25.0 Å². The maximum Gasteiger partial charge on any atom is 0.138 e. The van der Waals surface area contributed by atoms with Gasteiger partial charge in [-0.3, -0.25) is 0 Å². The van der Waals surface area contributed by atoms with Gasteiger partial charge in [0.25, 0.3) is 0 Å². The van der Waals surface area contributed by atoms with Gasteiger partial charge in [0, 0.05) is 0 Å². The second kappa shape index (κ2) is 4.23.